The van der Waals surface area contributed by atoms with Gasteiger partial charge >= 0.3 is 11.7 Å². The summed E-state index contributed by atoms with van der Waals surface area (Å²) in [5.74, 6) is -0.677. The van der Waals surface area contributed by atoms with Crippen LogP contribution >= 0.6 is 23.1 Å². The van der Waals surface area contributed by atoms with Crippen molar-refractivity contribution in [2.75, 3.05) is 11.9 Å². The lowest BCUT2D eigenvalue weighted by Gasteiger charge is -2.12. The average Bonchev–Trinajstić information content (AvgIpc) is 2.94. The smallest absolute Gasteiger partial charge is 0.355 e. The first-order valence-corrected chi connectivity index (χ1v) is 12.7. The first-order valence-electron chi connectivity index (χ1n) is 11.0. The van der Waals surface area contributed by atoms with Gasteiger partial charge in [0.2, 0.25) is 5.91 Å². The molecular formula is C23H26N4O4S2. The number of rotatable bonds is 6. The van der Waals surface area contributed by atoms with Crippen LogP contribution in [0.1, 0.15) is 59.5 Å². The van der Waals surface area contributed by atoms with Crippen molar-refractivity contribution in [3.8, 4) is 0 Å². The van der Waals surface area contributed by atoms with Gasteiger partial charge in [-0.25, -0.2) is 14.6 Å². The standard InChI is InChI=1S/C23H26N4O4S2/c1-4-31-21(29)18-15-8-6-5-7-9-16(15)33-20(18)25-19(28)14(3)32-22-24-17-11-10-13(2)12-27(17)23(30)26-22/h10-12,14H,4-9H2,1-3H3,(H,25,28). The van der Waals surface area contributed by atoms with E-state index in [-0.39, 0.29) is 17.7 Å². The van der Waals surface area contributed by atoms with Crippen LogP contribution in [0.5, 0.6) is 0 Å². The number of thiophene rings is 1. The molecule has 3 aromatic heterocycles. The largest absolute Gasteiger partial charge is 0.462 e. The fraction of sp³-hybridized carbons (Fsp3) is 0.435. The second-order valence-electron chi connectivity index (χ2n) is 7.96. The Kier molecular flexibility index (Phi) is 7.14. The summed E-state index contributed by atoms with van der Waals surface area (Å²) < 4.78 is 6.67. The summed E-state index contributed by atoms with van der Waals surface area (Å²) >= 11 is 2.57. The van der Waals surface area contributed by atoms with Gasteiger partial charge in [0.05, 0.1) is 17.4 Å². The van der Waals surface area contributed by atoms with Crippen LogP contribution in [0.25, 0.3) is 5.65 Å². The van der Waals surface area contributed by atoms with E-state index in [9.17, 15) is 14.4 Å². The maximum atomic E-state index is 13.0. The van der Waals surface area contributed by atoms with Gasteiger partial charge < -0.3 is 10.1 Å². The highest BCUT2D eigenvalue weighted by molar-refractivity contribution is 8.00. The van der Waals surface area contributed by atoms with E-state index in [1.807, 2.05) is 13.0 Å². The van der Waals surface area contributed by atoms with Crippen LogP contribution in [-0.2, 0) is 22.4 Å². The number of carbonyl (C=O) groups is 2. The summed E-state index contributed by atoms with van der Waals surface area (Å²) in [5, 5.41) is 3.12. The van der Waals surface area contributed by atoms with Crippen molar-refractivity contribution < 1.29 is 14.3 Å². The van der Waals surface area contributed by atoms with Crippen LogP contribution < -0.4 is 11.0 Å². The molecule has 0 saturated heterocycles. The van der Waals surface area contributed by atoms with Crippen molar-refractivity contribution in [1.82, 2.24) is 14.4 Å². The minimum atomic E-state index is -0.575. The quantitative estimate of drug-likeness (QED) is 0.319. The van der Waals surface area contributed by atoms with Crippen LogP contribution in [0.2, 0.25) is 0 Å². The Morgan fingerprint density at radius 1 is 1.24 bits per heavy atom. The number of fused-ring (bicyclic) bond motifs is 2. The number of amides is 1. The molecule has 33 heavy (non-hydrogen) atoms. The lowest BCUT2D eigenvalue weighted by atomic mass is 10.1. The molecule has 0 bridgehead atoms. The van der Waals surface area contributed by atoms with Crippen molar-refractivity contribution in [1.29, 1.82) is 0 Å². The van der Waals surface area contributed by atoms with Gasteiger partial charge in [-0.1, -0.05) is 24.2 Å². The van der Waals surface area contributed by atoms with E-state index in [4.69, 9.17) is 4.74 Å². The summed E-state index contributed by atoms with van der Waals surface area (Å²) in [6, 6.07) is 3.61. The summed E-state index contributed by atoms with van der Waals surface area (Å²) in [5.41, 5.74) is 2.45. The van der Waals surface area contributed by atoms with E-state index >= 15 is 0 Å². The Bertz CT molecular complexity index is 1270. The fourth-order valence-electron chi connectivity index (χ4n) is 3.83. The van der Waals surface area contributed by atoms with Gasteiger partial charge in [0.15, 0.2) is 5.16 Å². The van der Waals surface area contributed by atoms with Gasteiger partial charge in [0, 0.05) is 11.1 Å². The van der Waals surface area contributed by atoms with E-state index in [2.05, 4.69) is 15.3 Å². The molecule has 0 aliphatic heterocycles. The highest BCUT2D eigenvalue weighted by atomic mass is 32.2. The van der Waals surface area contributed by atoms with Crippen molar-refractivity contribution in [2.24, 2.45) is 0 Å². The number of carbonyl (C=O) groups excluding carboxylic acids is 2. The number of nitrogens with one attached hydrogen (secondary N) is 1. The molecule has 10 heteroatoms. The Morgan fingerprint density at radius 2 is 2.03 bits per heavy atom. The van der Waals surface area contributed by atoms with Gasteiger partial charge in [-0.2, -0.15) is 4.98 Å². The molecular weight excluding hydrogens is 460 g/mol. The number of esters is 1. The zero-order valence-corrected chi connectivity index (χ0v) is 20.5. The third-order valence-corrected chi connectivity index (χ3v) is 7.64. The van der Waals surface area contributed by atoms with Crippen molar-refractivity contribution >= 4 is 45.6 Å². The van der Waals surface area contributed by atoms with Crippen molar-refractivity contribution in [3.63, 3.8) is 0 Å². The van der Waals surface area contributed by atoms with Crippen LogP contribution in [0, 0.1) is 6.92 Å². The number of aromatic nitrogens is 3. The van der Waals surface area contributed by atoms with E-state index in [1.165, 1.54) is 15.7 Å². The fourth-order valence-corrected chi connectivity index (χ4v) is 5.87. The minimum absolute atomic E-state index is 0.235. The number of thioether (sulfide) groups is 1. The Hall–Kier alpha value is -2.72. The summed E-state index contributed by atoms with van der Waals surface area (Å²) in [7, 11) is 0. The molecule has 3 aromatic rings. The zero-order chi connectivity index (χ0) is 23.5. The SMILES string of the molecule is CCOC(=O)c1c(NC(=O)C(C)Sc2nc(=O)n3cc(C)ccc3n2)sc2c1CCCCC2. The number of nitrogens with zero attached hydrogens (tertiary/aromatic N) is 3. The van der Waals surface area contributed by atoms with Gasteiger partial charge in [-0.3, -0.25) is 9.20 Å². The molecule has 0 spiro atoms. The molecule has 4 rings (SSSR count). The first kappa shape index (κ1) is 23.4. The summed E-state index contributed by atoms with van der Waals surface area (Å²) in [6.07, 6.45) is 6.62. The zero-order valence-electron chi connectivity index (χ0n) is 18.8. The Morgan fingerprint density at radius 3 is 2.82 bits per heavy atom. The van der Waals surface area contributed by atoms with Gasteiger partial charge in [-0.15, -0.1) is 11.3 Å². The number of pyridine rings is 1. The molecule has 1 aliphatic carbocycles. The molecule has 1 amide bonds. The van der Waals surface area contributed by atoms with Crippen LogP contribution in [0.4, 0.5) is 5.00 Å². The normalized spacial score (nSPS) is 14.4. The van der Waals surface area contributed by atoms with Crippen molar-refractivity contribution in [2.45, 2.75) is 63.3 Å². The maximum Gasteiger partial charge on any atom is 0.355 e. The number of hydrogen-bond donors (Lipinski definition) is 1. The number of aryl methyl sites for hydroxylation is 2. The van der Waals surface area contributed by atoms with E-state index in [1.54, 1.807) is 26.1 Å². The molecule has 0 saturated carbocycles. The monoisotopic (exact) mass is 486 g/mol. The minimum Gasteiger partial charge on any atom is -0.462 e. The Labute approximate surface area is 199 Å². The third-order valence-electron chi connectivity index (χ3n) is 5.47. The molecule has 1 unspecified atom stereocenters. The second-order valence-corrected chi connectivity index (χ2v) is 10.4. The maximum absolute atomic E-state index is 13.0. The molecule has 1 N–H and O–H groups in total. The number of hydrogen-bond acceptors (Lipinski definition) is 8. The lowest BCUT2D eigenvalue weighted by Crippen LogP contribution is -2.25. The number of ether oxygens (including phenoxy) is 1. The molecule has 0 radical (unpaired) electrons. The number of anilines is 1. The molecule has 3 heterocycles. The molecule has 0 aromatic carbocycles. The molecule has 1 aliphatic rings. The van der Waals surface area contributed by atoms with Crippen molar-refractivity contribution in [3.05, 3.63) is 50.4 Å². The Balaban J connectivity index is 1.56. The van der Waals surface area contributed by atoms with Gasteiger partial charge in [-0.05, 0) is 63.6 Å². The topological polar surface area (TPSA) is 103 Å². The van der Waals surface area contributed by atoms with Crippen LogP contribution in [0.15, 0.2) is 28.3 Å². The lowest BCUT2D eigenvalue weighted by molar-refractivity contribution is -0.115. The average molecular weight is 487 g/mol. The molecule has 0 fully saturated rings. The van der Waals surface area contributed by atoms with Gasteiger partial charge in [0.1, 0.15) is 10.6 Å². The highest BCUT2D eigenvalue weighted by Crippen LogP contribution is 2.38. The second kappa shape index (κ2) is 10.0. The van der Waals surface area contributed by atoms with E-state index < -0.39 is 16.9 Å². The van der Waals surface area contributed by atoms with Gasteiger partial charge in [0.25, 0.3) is 0 Å². The molecule has 8 nitrogen and oxygen atoms in total. The molecule has 1 atom stereocenters. The predicted octanol–water partition coefficient (Wildman–Crippen LogP) is 4.02. The van der Waals surface area contributed by atoms with E-state index in [0.29, 0.717) is 16.2 Å². The van der Waals surface area contributed by atoms with Crippen LogP contribution in [-0.4, -0.2) is 38.1 Å². The highest BCUT2D eigenvalue weighted by Gasteiger charge is 2.28. The van der Waals surface area contributed by atoms with Crippen LogP contribution in [0.3, 0.4) is 0 Å². The van der Waals surface area contributed by atoms with E-state index in [0.717, 1.165) is 59.9 Å². The molecule has 174 valence electrons. The third kappa shape index (κ3) is 5.11. The summed E-state index contributed by atoms with van der Waals surface area (Å²) in [6.45, 7) is 5.66. The predicted molar refractivity (Wildman–Crippen MR) is 129 cm³/mol. The first-order chi connectivity index (χ1) is 15.9. The summed E-state index contributed by atoms with van der Waals surface area (Å²) in [4.78, 5) is 47.6.